The summed E-state index contributed by atoms with van der Waals surface area (Å²) in [6.07, 6.45) is 1.52. The molecular formula is C12H14FNO3S. The van der Waals surface area contributed by atoms with Crippen molar-refractivity contribution in [2.24, 2.45) is 0 Å². The first-order valence-corrected chi connectivity index (χ1v) is 6.15. The van der Waals surface area contributed by atoms with Gasteiger partial charge in [-0.3, -0.25) is 5.32 Å². The molecule has 1 aliphatic rings. The Balaban J connectivity index is 1.94. The number of benzene rings is 1. The van der Waals surface area contributed by atoms with Gasteiger partial charge in [0.25, 0.3) is 5.12 Å². The molecule has 1 amide bonds. The SMILES string of the molecule is O=C(Nc1ccccc1F)OC1(S)CCCCO1. The molecule has 1 aromatic rings. The molecule has 0 bridgehead atoms. The maximum Gasteiger partial charge on any atom is 0.414 e. The maximum atomic E-state index is 13.3. The summed E-state index contributed by atoms with van der Waals surface area (Å²) in [5, 5.41) is 1.10. The first-order valence-electron chi connectivity index (χ1n) is 5.70. The average molecular weight is 271 g/mol. The lowest BCUT2D eigenvalue weighted by atomic mass is 10.2. The van der Waals surface area contributed by atoms with E-state index in [4.69, 9.17) is 9.47 Å². The number of rotatable bonds is 2. The minimum Gasteiger partial charge on any atom is -0.407 e. The minimum absolute atomic E-state index is 0.0650. The molecule has 98 valence electrons. The Morgan fingerprint density at radius 3 is 2.89 bits per heavy atom. The van der Waals surface area contributed by atoms with Gasteiger partial charge in [0.2, 0.25) is 0 Å². The Labute approximate surface area is 110 Å². The highest BCUT2D eigenvalue weighted by atomic mass is 32.1. The number of hydrogen-bond acceptors (Lipinski definition) is 4. The fourth-order valence-corrected chi connectivity index (χ4v) is 2.01. The second kappa shape index (κ2) is 5.58. The van der Waals surface area contributed by atoms with E-state index >= 15 is 0 Å². The fraction of sp³-hybridized carbons (Fsp3) is 0.417. The van der Waals surface area contributed by atoms with Crippen molar-refractivity contribution in [2.45, 2.75) is 24.4 Å². The predicted molar refractivity (Wildman–Crippen MR) is 68.0 cm³/mol. The van der Waals surface area contributed by atoms with Crippen molar-refractivity contribution in [3.8, 4) is 0 Å². The molecular weight excluding hydrogens is 257 g/mol. The largest absolute Gasteiger partial charge is 0.414 e. The van der Waals surface area contributed by atoms with E-state index in [2.05, 4.69) is 17.9 Å². The van der Waals surface area contributed by atoms with Crippen LogP contribution in [0.4, 0.5) is 14.9 Å². The molecule has 18 heavy (non-hydrogen) atoms. The van der Waals surface area contributed by atoms with Crippen molar-refractivity contribution < 1.29 is 18.7 Å². The standard InChI is InChI=1S/C12H14FNO3S/c13-9-5-1-2-6-10(9)14-11(15)17-12(18)7-3-4-8-16-12/h1-2,5-6,18H,3-4,7-8H2,(H,14,15). The van der Waals surface area contributed by atoms with Crippen LogP contribution >= 0.6 is 12.6 Å². The van der Waals surface area contributed by atoms with Crippen LogP contribution in [0.5, 0.6) is 0 Å². The molecule has 1 N–H and O–H groups in total. The number of halogens is 1. The fourth-order valence-electron chi connectivity index (χ4n) is 1.68. The number of nitrogens with one attached hydrogen (secondary N) is 1. The van der Waals surface area contributed by atoms with E-state index in [0.29, 0.717) is 13.0 Å². The van der Waals surface area contributed by atoms with Gasteiger partial charge in [-0.05, 0) is 25.0 Å². The first-order chi connectivity index (χ1) is 8.59. The Kier molecular flexibility index (Phi) is 4.08. The highest BCUT2D eigenvalue weighted by molar-refractivity contribution is 7.81. The lowest BCUT2D eigenvalue weighted by Crippen LogP contribution is -2.37. The number of carbonyl (C=O) groups excluding carboxylic acids is 1. The second-order valence-corrected chi connectivity index (χ2v) is 4.69. The molecule has 0 saturated carbocycles. The molecule has 1 aliphatic heterocycles. The van der Waals surface area contributed by atoms with Crippen LogP contribution < -0.4 is 5.32 Å². The van der Waals surface area contributed by atoms with Gasteiger partial charge in [0.1, 0.15) is 5.82 Å². The molecule has 2 rings (SSSR count). The van der Waals surface area contributed by atoms with Gasteiger partial charge in [0, 0.05) is 6.42 Å². The summed E-state index contributed by atoms with van der Waals surface area (Å²) in [4.78, 5) is 11.6. The summed E-state index contributed by atoms with van der Waals surface area (Å²) in [5.74, 6) is -0.521. The zero-order valence-corrected chi connectivity index (χ0v) is 10.6. The van der Waals surface area contributed by atoms with Crippen LogP contribution in [-0.2, 0) is 9.47 Å². The van der Waals surface area contributed by atoms with Crippen LogP contribution in [0.2, 0.25) is 0 Å². The maximum absolute atomic E-state index is 13.3. The topological polar surface area (TPSA) is 47.6 Å². The van der Waals surface area contributed by atoms with Crippen LogP contribution in [0.25, 0.3) is 0 Å². The molecule has 1 fully saturated rings. The third kappa shape index (κ3) is 3.36. The van der Waals surface area contributed by atoms with Gasteiger partial charge < -0.3 is 9.47 Å². The highest BCUT2D eigenvalue weighted by Crippen LogP contribution is 2.30. The number of para-hydroxylation sites is 1. The highest BCUT2D eigenvalue weighted by Gasteiger charge is 2.33. The van der Waals surface area contributed by atoms with Crippen LogP contribution in [0.1, 0.15) is 19.3 Å². The summed E-state index contributed by atoms with van der Waals surface area (Å²) >= 11 is 4.18. The van der Waals surface area contributed by atoms with E-state index in [0.717, 1.165) is 12.8 Å². The molecule has 1 unspecified atom stereocenters. The molecule has 1 saturated heterocycles. The summed E-state index contributed by atoms with van der Waals surface area (Å²) < 4.78 is 23.7. The summed E-state index contributed by atoms with van der Waals surface area (Å²) in [6.45, 7) is 0.497. The van der Waals surface area contributed by atoms with Crippen LogP contribution in [0.3, 0.4) is 0 Å². The van der Waals surface area contributed by atoms with Crippen molar-refractivity contribution in [1.29, 1.82) is 0 Å². The first kappa shape index (κ1) is 13.2. The van der Waals surface area contributed by atoms with E-state index in [9.17, 15) is 9.18 Å². The zero-order chi connectivity index (χ0) is 13.0. The van der Waals surface area contributed by atoms with E-state index in [1.807, 2.05) is 0 Å². The van der Waals surface area contributed by atoms with Crippen LogP contribution in [0, 0.1) is 5.82 Å². The Morgan fingerprint density at radius 1 is 1.44 bits per heavy atom. The Hall–Kier alpha value is -1.27. The predicted octanol–water partition coefficient (Wildman–Crippen LogP) is 3.16. The van der Waals surface area contributed by atoms with Crippen molar-refractivity contribution in [3.05, 3.63) is 30.1 Å². The molecule has 0 spiro atoms. The molecule has 1 aromatic carbocycles. The number of hydrogen-bond donors (Lipinski definition) is 2. The third-order valence-corrected chi connectivity index (χ3v) is 3.02. The van der Waals surface area contributed by atoms with E-state index < -0.39 is 17.0 Å². The zero-order valence-electron chi connectivity index (χ0n) is 9.69. The van der Waals surface area contributed by atoms with Crippen molar-refractivity contribution in [3.63, 3.8) is 0 Å². The van der Waals surface area contributed by atoms with Crippen molar-refractivity contribution in [1.82, 2.24) is 0 Å². The average Bonchev–Trinajstić information content (AvgIpc) is 2.32. The third-order valence-electron chi connectivity index (χ3n) is 2.58. The molecule has 0 radical (unpaired) electrons. The number of amides is 1. The summed E-state index contributed by atoms with van der Waals surface area (Å²) in [6, 6.07) is 5.86. The molecule has 4 nitrogen and oxygen atoms in total. The van der Waals surface area contributed by atoms with Gasteiger partial charge in [-0.2, -0.15) is 0 Å². The quantitative estimate of drug-likeness (QED) is 0.641. The number of anilines is 1. The smallest absolute Gasteiger partial charge is 0.407 e. The van der Waals surface area contributed by atoms with Gasteiger partial charge in [0.15, 0.2) is 0 Å². The molecule has 1 heterocycles. The second-order valence-electron chi connectivity index (χ2n) is 4.01. The molecule has 0 aromatic heterocycles. The van der Waals surface area contributed by atoms with E-state index in [-0.39, 0.29) is 5.69 Å². The van der Waals surface area contributed by atoms with Crippen LogP contribution in [-0.4, -0.2) is 17.8 Å². The monoisotopic (exact) mass is 271 g/mol. The lowest BCUT2D eigenvalue weighted by molar-refractivity contribution is -0.151. The van der Waals surface area contributed by atoms with Gasteiger partial charge >= 0.3 is 6.09 Å². The number of ether oxygens (including phenoxy) is 2. The number of thiol groups is 1. The Bertz CT molecular complexity index is 435. The molecule has 6 heteroatoms. The normalized spacial score (nSPS) is 23.4. The Morgan fingerprint density at radius 2 is 2.22 bits per heavy atom. The lowest BCUT2D eigenvalue weighted by Gasteiger charge is -2.31. The summed E-state index contributed by atoms with van der Waals surface area (Å²) in [7, 11) is 0. The van der Waals surface area contributed by atoms with Gasteiger partial charge in [-0.1, -0.05) is 12.1 Å². The van der Waals surface area contributed by atoms with Gasteiger partial charge in [-0.25, -0.2) is 9.18 Å². The van der Waals surface area contributed by atoms with E-state index in [1.165, 1.54) is 18.2 Å². The van der Waals surface area contributed by atoms with Gasteiger partial charge in [0.05, 0.1) is 12.3 Å². The molecule has 0 aliphatic carbocycles. The van der Waals surface area contributed by atoms with Crippen molar-refractivity contribution >= 4 is 24.4 Å². The van der Waals surface area contributed by atoms with Crippen LogP contribution in [0.15, 0.2) is 24.3 Å². The number of carbonyl (C=O) groups is 1. The van der Waals surface area contributed by atoms with Crippen molar-refractivity contribution in [2.75, 3.05) is 11.9 Å². The minimum atomic E-state index is -1.21. The molecule has 1 atom stereocenters. The summed E-state index contributed by atoms with van der Waals surface area (Å²) in [5.41, 5.74) is 0.0650. The van der Waals surface area contributed by atoms with Gasteiger partial charge in [-0.15, -0.1) is 12.6 Å². The van der Waals surface area contributed by atoms with E-state index in [1.54, 1.807) is 6.07 Å².